The lowest BCUT2D eigenvalue weighted by Crippen LogP contribution is -2.42. The number of ether oxygens (including phenoxy) is 1. The predicted octanol–water partition coefficient (Wildman–Crippen LogP) is 5.20. The van der Waals surface area contributed by atoms with E-state index >= 15 is 0 Å². The molecule has 2 rings (SSSR count). The van der Waals surface area contributed by atoms with Crippen molar-refractivity contribution >= 4 is 11.8 Å². The molecule has 1 fully saturated rings. The van der Waals surface area contributed by atoms with Crippen LogP contribution in [0.3, 0.4) is 0 Å². The molecule has 0 bridgehead atoms. The Morgan fingerprint density at radius 1 is 1.24 bits per heavy atom. The molecule has 2 amide bonds. The third kappa shape index (κ3) is 8.62. The second kappa shape index (κ2) is 14.2. The Kier molecular flexibility index (Phi) is 11.7. The Bertz CT molecular complexity index is 714. The Balaban J connectivity index is 1.92. The van der Waals surface area contributed by atoms with Crippen molar-refractivity contribution in [3.63, 3.8) is 0 Å². The molecule has 33 heavy (non-hydrogen) atoms. The summed E-state index contributed by atoms with van der Waals surface area (Å²) < 4.78 is 5.60. The van der Waals surface area contributed by atoms with E-state index in [4.69, 9.17) is 4.74 Å². The molecule has 6 atom stereocenters. The Hall–Kier alpha value is -2.14. The summed E-state index contributed by atoms with van der Waals surface area (Å²) in [4.78, 5) is 28.1. The molecule has 1 aliphatic carbocycles. The first-order valence-corrected chi connectivity index (χ1v) is 12.6. The molecule has 0 spiro atoms. The molecule has 0 aromatic carbocycles. The first kappa shape index (κ1) is 27.1. The van der Waals surface area contributed by atoms with Crippen LogP contribution in [0.25, 0.3) is 0 Å². The average molecular weight is 457 g/mol. The predicted molar refractivity (Wildman–Crippen MR) is 136 cm³/mol. The van der Waals surface area contributed by atoms with Gasteiger partial charge in [0.25, 0.3) is 0 Å². The first-order valence-electron chi connectivity index (χ1n) is 12.6. The molecular weight excluding hydrogens is 412 g/mol. The van der Waals surface area contributed by atoms with Crippen LogP contribution in [0.2, 0.25) is 0 Å². The molecule has 1 aliphatic heterocycles. The minimum atomic E-state index is -0.328. The van der Waals surface area contributed by atoms with Crippen LogP contribution < -0.4 is 5.32 Å². The van der Waals surface area contributed by atoms with E-state index in [1.165, 1.54) is 0 Å². The molecule has 1 N–H and O–H groups in total. The smallest absolute Gasteiger partial charge is 0.227 e. The summed E-state index contributed by atoms with van der Waals surface area (Å²) in [5, 5.41) is 3.14. The van der Waals surface area contributed by atoms with Crippen LogP contribution in [-0.4, -0.2) is 48.6 Å². The second-order valence-corrected chi connectivity index (χ2v) is 9.67. The van der Waals surface area contributed by atoms with Crippen molar-refractivity contribution < 1.29 is 14.3 Å². The molecule has 0 radical (unpaired) electrons. The maximum atomic E-state index is 13.1. The molecule has 5 heteroatoms. The summed E-state index contributed by atoms with van der Waals surface area (Å²) in [5.74, 6) is 0.718. The van der Waals surface area contributed by atoms with Gasteiger partial charge in [-0.3, -0.25) is 9.59 Å². The van der Waals surface area contributed by atoms with Crippen LogP contribution >= 0.6 is 0 Å². The quantitative estimate of drug-likeness (QED) is 0.365. The zero-order valence-electron chi connectivity index (χ0n) is 20.9. The van der Waals surface area contributed by atoms with Crippen molar-refractivity contribution in [3.05, 3.63) is 49.6 Å². The third-order valence-electron chi connectivity index (χ3n) is 7.18. The van der Waals surface area contributed by atoms with Gasteiger partial charge in [0.2, 0.25) is 11.8 Å². The summed E-state index contributed by atoms with van der Waals surface area (Å²) in [7, 11) is 1.69. The van der Waals surface area contributed by atoms with E-state index in [1.54, 1.807) is 13.2 Å². The summed E-state index contributed by atoms with van der Waals surface area (Å²) in [5.41, 5.74) is 0. The Morgan fingerprint density at radius 2 is 2.03 bits per heavy atom. The van der Waals surface area contributed by atoms with Crippen LogP contribution in [0, 0.1) is 17.8 Å². The lowest BCUT2D eigenvalue weighted by Gasteiger charge is -2.29. The van der Waals surface area contributed by atoms with Gasteiger partial charge in [0.05, 0.1) is 18.4 Å². The van der Waals surface area contributed by atoms with Gasteiger partial charge in [-0.05, 0) is 50.4 Å². The van der Waals surface area contributed by atoms with E-state index in [-0.39, 0.29) is 35.9 Å². The number of allylic oxidation sites excluding steroid dienone is 4. The van der Waals surface area contributed by atoms with Crippen LogP contribution in [0.15, 0.2) is 49.6 Å². The molecule has 0 aromatic rings. The molecule has 5 nitrogen and oxygen atoms in total. The van der Waals surface area contributed by atoms with Crippen molar-refractivity contribution in [1.82, 2.24) is 10.2 Å². The molecule has 0 aromatic heterocycles. The monoisotopic (exact) mass is 456 g/mol. The van der Waals surface area contributed by atoms with E-state index in [9.17, 15) is 9.59 Å². The van der Waals surface area contributed by atoms with Gasteiger partial charge in [0.1, 0.15) is 0 Å². The standard InChI is InChI=1S/C28H44N2O3/c1-6-21(4)17-26(33-5)20-27(31)30-16-12-15-25(30)19-23(7-2)28(32)29-24(8-3)18-22-13-10-9-11-14-22/h7-11,13,21-26H,2-3,6,12,14-20H2,1,4-5H3,(H,29,32)/t21-,22?,23+,24+,25-,26-/m0/s1. The molecule has 0 saturated carbocycles. The van der Waals surface area contributed by atoms with Crippen LogP contribution in [-0.2, 0) is 14.3 Å². The molecule has 1 heterocycles. The number of hydrogen-bond donors (Lipinski definition) is 1. The SMILES string of the molecule is C=C[C@H](CC1C=CC=CC1)NC(=O)[C@H](C=C)C[C@@H]1CCCN1C(=O)C[C@H](C[C@@H](C)CC)OC. The molecule has 184 valence electrons. The summed E-state index contributed by atoms with van der Waals surface area (Å²) in [6.45, 7) is 12.9. The number of nitrogens with one attached hydrogen (secondary N) is 1. The largest absolute Gasteiger partial charge is 0.381 e. The Morgan fingerprint density at radius 3 is 2.64 bits per heavy atom. The fraction of sp³-hybridized carbons (Fsp3) is 0.643. The molecule has 2 aliphatic rings. The highest BCUT2D eigenvalue weighted by atomic mass is 16.5. The fourth-order valence-electron chi connectivity index (χ4n) is 4.84. The third-order valence-corrected chi connectivity index (χ3v) is 7.18. The van der Waals surface area contributed by atoms with Crippen LogP contribution in [0.1, 0.15) is 65.2 Å². The zero-order chi connectivity index (χ0) is 24.2. The van der Waals surface area contributed by atoms with E-state index in [0.29, 0.717) is 24.7 Å². The minimum absolute atomic E-state index is 0.0314. The number of methoxy groups -OCH3 is 1. The van der Waals surface area contributed by atoms with Crippen molar-refractivity contribution in [3.8, 4) is 0 Å². The van der Waals surface area contributed by atoms with Crippen LogP contribution in [0.5, 0.6) is 0 Å². The van der Waals surface area contributed by atoms with E-state index in [0.717, 1.165) is 45.1 Å². The number of amides is 2. The minimum Gasteiger partial charge on any atom is -0.381 e. The van der Waals surface area contributed by atoms with Crippen molar-refractivity contribution in [2.45, 2.75) is 83.4 Å². The highest BCUT2D eigenvalue weighted by Crippen LogP contribution is 2.27. The van der Waals surface area contributed by atoms with Gasteiger partial charge in [-0.15, -0.1) is 13.2 Å². The van der Waals surface area contributed by atoms with E-state index in [1.807, 2.05) is 11.0 Å². The average Bonchev–Trinajstić information content (AvgIpc) is 3.30. The molecule has 1 unspecified atom stereocenters. The van der Waals surface area contributed by atoms with Gasteiger partial charge in [-0.1, -0.05) is 56.7 Å². The maximum Gasteiger partial charge on any atom is 0.227 e. The highest BCUT2D eigenvalue weighted by Gasteiger charge is 2.33. The van der Waals surface area contributed by atoms with Gasteiger partial charge >= 0.3 is 0 Å². The summed E-state index contributed by atoms with van der Waals surface area (Å²) in [6, 6.07) is -0.00798. The first-order chi connectivity index (χ1) is 15.9. The summed E-state index contributed by atoms with van der Waals surface area (Å²) in [6.07, 6.45) is 18.7. The van der Waals surface area contributed by atoms with Gasteiger partial charge in [0, 0.05) is 25.7 Å². The van der Waals surface area contributed by atoms with E-state index < -0.39 is 0 Å². The number of likely N-dealkylation sites (tertiary alicyclic amines) is 1. The van der Waals surface area contributed by atoms with Gasteiger partial charge in [-0.25, -0.2) is 0 Å². The van der Waals surface area contributed by atoms with Gasteiger partial charge in [-0.2, -0.15) is 0 Å². The Labute approximate surface area is 201 Å². The lowest BCUT2D eigenvalue weighted by molar-refractivity contribution is -0.136. The molecular formula is C28H44N2O3. The van der Waals surface area contributed by atoms with Crippen molar-refractivity contribution in [2.75, 3.05) is 13.7 Å². The summed E-state index contributed by atoms with van der Waals surface area (Å²) >= 11 is 0. The number of hydrogen-bond acceptors (Lipinski definition) is 3. The van der Waals surface area contributed by atoms with Gasteiger partial charge < -0.3 is 15.0 Å². The van der Waals surface area contributed by atoms with E-state index in [2.05, 4.69) is 56.6 Å². The number of carbonyl (C=O) groups is 2. The number of rotatable bonds is 14. The molecule has 1 saturated heterocycles. The highest BCUT2D eigenvalue weighted by molar-refractivity contribution is 5.81. The number of nitrogens with zero attached hydrogens (tertiary/aromatic N) is 1. The maximum absolute atomic E-state index is 13.1. The normalized spacial score (nSPS) is 23.5. The van der Waals surface area contributed by atoms with Crippen molar-refractivity contribution in [2.24, 2.45) is 17.8 Å². The number of carbonyl (C=O) groups excluding carboxylic acids is 2. The second-order valence-electron chi connectivity index (χ2n) is 9.67. The van der Waals surface area contributed by atoms with Crippen molar-refractivity contribution in [1.29, 1.82) is 0 Å². The van der Waals surface area contributed by atoms with Crippen LogP contribution in [0.4, 0.5) is 0 Å². The lowest BCUT2D eigenvalue weighted by atomic mass is 9.92. The topological polar surface area (TPSA) is 58.6 Å². The van der Waals surface area contributed by atoms with Gasteiger partial charge in [0.15, 0.2) is 0 Å². The zero-order valence-corrected chi connectivity index (χ0v) is 20.9. The fourth-order valence-corrected chi connectivity index (χ4v) is 4.84.